The zero-order chi connectivity index (χ0) is 18.8. The minimum atomic E-state index is -0.757. The molecule has 1 aliphatic heterocycles. The maximum absolute atomic E-state index is 12.6. The van der Waals surface area contributed by atoms with Crippen molar-refractivity contribution in [2.75, 3.05) is 13.1 Å². The number of benzene rings is 1. The molecule has 0 spiro atoms. The molecular weight excluding hydrogens is 342 g/mol. The summed E-state index contributed by atoms with van der Waals surface area (Å²) < 4.78 is 5.98. The topological polar surface area (TPSA) is 75.6 Å². The van der Waals surface area contributed by atoms with Crippen LogP contribution in [0.15, 0.2) is 54.7 Å². The third kappa shape index (κ3) is 3.75. The van der Waals surface area contributed by atoms with E-state index in [1.807, 2.05) is 49.4 Å². The molecule has 0 radical (unpaired) electrons. The van der Waals surface area contributed by atoms with E-state index in [1.54, 1.807) is 17.2 Å². The second kappa shape index (κ2) is 7.32. The number of aromatic nitrogens is 2. The summed E-state index contributed by atoms with van der Waals surface area (Å²) in [6.45, 7) is 2.59. The van der Waals surface area contributed by atoms with Gasteiger partial charge in [-0.05, 0) is 37.3 Å². The average molecular weight is 363 g/mol. The van der Waals surface area contributed by atoms with Crippen LogP contribution in [0.1, 0.15) is 22.6 Å². The Morgan fingerprint density at radius 3 is 2.93 bits per heavy atom. The van der Waals surface area contributed by atoms with Crippen molar-refractivity contribution < 1.29 is 14.6 Å². The molecule has 0 aliphatic carbocycles. The van der Waals surface area contributed by atoms with E-state index in [1.165, 1.54) is 0 Å². The fraction of sp³-hybridized carbons (Fsp3) is 0.286. The van der Waals surface area contributed by atoms with Crippen LogP contribution >= 0.6 is 0 Å². The minimum Gasteiger partial charge on any atom is -0.488 e. The molecule has 2 aromatic heterocycles. The van der Waals surface area contributed by atoms with Crippen LogP contribution in [-0.2, 0) is 0 Å². The third-order valence-electron chi connectivity index (χ3n) is 4.78. The lowest BCUT2D eigenvalue weighted by Crippen LogP contribution is -2.51. The normalized spacial score (nSPS) is 19.9. The molecule has 1 saturated heterocycles. The Kier molecular flexibility index (Phi) is 4.73. The highest BCUT2D eigenvalue weighted by Crippen LogP contribution is 2.23. The maximum Gasteiger partial charge on any atom is 0.272 e. The number of hydrogen-bond acceptors (Lipinski definition) is 5. The first-order valence-electron chi connectivity index (χ1n) is 9.02. The zero-order valence-electron chi connectivity index (χ0n) is 15.1. The predicted molar refractivity (Wildman–Crippen MR) is 102 cm³/mol. The number of amides is 1. The molecule has 1 fully saturated rings. The van der Waals surface area contributed by atoms with Gasteiger partial charge in [-0.25, -0.2) is 4.98 Å². The summed E-state index contributed by atoms with van der Waals surface area (Å²) in [6, 6.07) is 15.0. The molecule has 2 atom stereocenters. The lowest BCUT2D eigenvalue weighted by Gasteiger charge is -2.35. The quantitative estimate of drug-likeness (QED) is 0.774. The summed E-state index contributed by atoms with van der Waals surface area (Å²) in [7, 11) is 0. The maximum atomic E-state index is 12.6. The molecule has 6 heteroatoms. The van der Waals surface area contributed by atoms with Gasteiger partial charge in [-0.15, -0.1) is 0 Å². The Labute approximate surface area is 157 Å². The van der Waals surface area contributed by atoms with E-state index in [0.29, 0.717) is 24.4 Å². The van der Waals surface area contributed by atoms with Crippen LogP contribution in [-0.4, -0.2) is 51.2 Å². The number of aliphatic hydroxyl groups excluding tert-OH is 1. The van der Waals surface area contributed by atoms with Gasteiger partial charge in [0.2, 0.25) is 0 Å². The number of carbonyl (C=O) groups excluding carboxylic acids is 1. The van der Waals surface area contributed by atoms with Gasteiger partial charge in [-0.2, -0.15) is 0 Å². The number of hydrogen-bond donors (Lipinski definition) is 1. The van der Waals surface area contributed by atoms with Crippen LogP contribution in [0, 0.1) is 6.92 Å². The zero-order valence-corrected chi connectivity index (χ0v) is 15.1. The van der Waals surface area contributed by atoms with Crippen LogP contribution in [0.3, 0.4) is 0 Å². The largest absolute Gasteiger partial charge is 0.488 e. The molecule has 1 N–H and O–H groups in total. The number of piperidine rings is 1. The van der Waals surface area contributed by atoms with Crippen LogP contribution in [0.5, 0.6) is 5.75 Å². The molecule has 1 aliphatic rings. The van der Waals surface area contributed by atoms with E-state index in [9.17, 15) is 9.90 Å². The van der Waals surface area contributed by atoms with E-state index in [-0.39, 0.29) is 18.6 Å². The Morgan fingerprint density at radius 2 is 2.11 bits per heavy atom. The predicted octanol–water partition coefficient (Wildman–Crippen LogP) is 2.59. The second-order valence-corrected chi connectivity index (χ2v) is 6.79. The molecule has 27 heavy (non-hydrogen) atoms. The molecule has 1 aromatic carbocycles. The fourth-order valence-electron chi connectivity index (χ4n) is 3.35. The number of carbonyl (C=O) groups is 1. The first kappa shape index (κ1) is 17.4. The fourth-order valence-corrected chi connectivity index (χ4v) is 3.35. The molecule has 3 heterocycles. The standard InChI is InChI=1S/C21H21N3O3/c1-14-4-2-6-17(23-14)21(26)24-11-9-20(19(25)13-24)27-16-8-7-15-5-3-10-22-18(15)12-16/h2-8,10,12,19-20,25H,9,11,13H2,1H3/t19-,20-/m1/s1. The monoisotopic (exact) mass is 363 g/mol. The second-order valence-electron chi connectivity index (χ2n) is 6.79. The molecule has 138 valence electrons. The van der Waals surface area contributed by atoms with Crippen molar-refractivity contribution >= 4 is 16.8 Å². The molecule has 0 bridgehead atoms. The summed E-state index contributed by atoms with van der Waals surface area (Å²) in [5, 5.41) is 11.5. The SMILES string of the molecule is Cc1cccc(C(=O)N2CC[C@@H](Oc3ccc4cccnc4c3)[C@H](O)C2)n1. The summed E-state index contributed by atoms with van der Waals surface area (Å²) in [6.07, 6.45) is 1.18. The lowest BCUT2D eigenvalue weighted by atomic mass is 10.0. The van der Waals surface area contributed by atoms with Crippen molar-refractivity contribution in [3.8, 4) is 5.75 Å². The summed E-state index contributed by atoms with van der Waals surface area (Å²) in [5.74, 6) is 0.511. The van der Waals surface area contributed by atoms with Gasteiger partial charge < -0.3 is 14.7 Å². The number of aryl methyl sites for hydroxylation is 1. The summed E-state index contributed by atoms with van der Waals surface area (Å²) in [4.78, 5) is 22.9. The number of fused-ring (bicyclic) bond motifs is 1. The summed E-state index contributed by atoms with van der Waals surface area (Å²) >= 11 is 0. The number of nitrogens with zero attached hydrogens (tertiary/aromatic N) is 3. The number of β-amino-alcohol motifs (C(OH)–C–C–N with tert-alkyl or cyclic N) is 1. The van der Waals surface area contributed by atoms with Crippen LogP contribution in [0.25, 0.3) is 10.9 Å². The molecule has 0 unspecified atom stereocenters. The van der Waals surface area contributed by atoms with E-state index < -0.39 is 6.10 Å². The molecule has 0 saturated carbocycles. The minimum absolute atomic E-state index is 0.161. The Bertz CT molecular complexity index is 976. The van der Waals surface area contributed by atoms with Gasteiger partial charge in [0, 0.05) is 36.3 Å². The molecular formula is C21H21N3O3. The Hall–Kier alpha value is -2.99. The first-order chi connectivity index (χ1) is 13.1. The van der Waals surface area contributed by atoms with Gasteiger partial charge in [0.15, 0.2) is 0 Å². The first-order valence-corrected chi connectivity index (χ1v) is 9.02. The number of likely N-dealkylation sites (tertiary alicyclic amines) is 1. The van der Waals surface area contributed by atoms with Crippen molar-refractivity contribution in [1.82, 2.24) is 14.9 Å². The van der Waals surface area contributed by atoms with Gasteiger partial charge in [0.25, 0.3) is 5.91 Å². The van der Waals surface area contributed by atoms with Crippen molar-refractivity contribution in [3.05, 3.63) is 66.1 Å². The highest BCUT2D eigenvalue weighted by molar-refractivity contribution is 5.92. The number of ether oxygens (including phenoxy) is 1. The van der Waals surface area contributed by atoms with Crippen molar-refractivity contribution in [2.45, 2.75) is 25.6 Å². The number of rotatable bonds is 3. The van der Waals surface area contributed by atoms with Gasteiger partial charge in [-0.3, -0.25) is 9.78 Å². The lowest BCUT2D eigenvalue weighted by molar-refractivity contribution is -0.0200. The van der Waals surface area contributed by atoms with E-state index in [4.69, 9.17) is 4.74 Å². The summed E-state index contributed by atoms with van der Waals surface area (Å²) in [5.41, 5.74) is 2.05. The van der Waals surface area contributed by atoms with Gasteiger partial charge in [0.1, 0.15) is 23.7 Å². The third-order valence-corrected chi connectivity index (χ3v) is 4.78. The van der Waals surface area contributed by atoms with Crippen molar-refractivity contribution in [2.24, 2.45) is 0 Å². The number of aliphatic hydroxyl groups is 1. The van der Waals surface area contributed by atoms with E-state index >= 15 is 0 Å². The smallest absolute Gasteiger partial charge is 0.272 e. The van der Waals surface area contributed by atoms with Crippen LogP contribution in [0.2, 0.25) is 0 Å². The highest BCUT2D eigenvalue weighted by Gasteiger charge is 2.32. The Morgan fingerprint density at radius 1 is 1.22 bits per heavy atom. The van der Waals surface area contributed by atoms with Gasteiger partial charge in [0.05, 0.1) is 12.1 Å². The van der Waals surface area contributed by atoms with Crippen LogP contribution < -0.4 is 4.74 Å². The average Bonchev–Trinajstić information content (AvgIpc) is 2.69. The molecule has 6 nitrogen and oxygen atoms in total. The van der Waals surface area contributed by atoms with Gasteiger partial charge in [-0.1, -0.05) is 12.1 Å². The molecule has 1 amide bonds. The van der Waals surface area contributed by atoms with Gasteiger partial charge >= 0.3 is 0 Å². The number of pyridine rings is 2. The van der Waals surface area contributed by atoms with E-state index in [0.717, 1.165) is 16.6 Å². The van der Waals surface area contributed by atoms with Crippen molar-refractivity contribution in [1.29, 1.82) is 0 Å². The van der Waals surface area contributed by atoms with Crippen LogP contribution in [0.4, 0.5) is 0 Å². The van der Waals surface area contributed by atoms with Crippen molar-refractivity contribution in [3.63, 3.8) is 0 Å². The molecule has 4 rings (SSSR count). The Balaban J connectivity index is 1.43. The molecule has 3 aromatic rings. The van der Waals surface area contributed by atoms with E-state index in [2.05, 4.69) is 9.97 Å². The highest BCUT2D eigenvalue weighted by atomic mass is 16.5.